The van der Waals surface area contributed by atoms with Crippen LogP contribution in [0.3, 0.4) is 0 Å². The third-order valence-corrected chi connectivity index (χ3v) is 5.47. The van der Waals surface area contributed by atoms with Crippen molar-refractivity contribution in [3.8, 4) is 0 Å². The van der Waals surface area contributed by atoms with Crippen LogP contribution in [0.15, 0.2) is 0 Å². The lowest BCUT2D eigenvalue weighted by Crippen LogP contribution is -2.48. The minimum absolute atomic E-state index is 0.0258. The lowest BCUT2D eigenvalue weighted by Gasteiger charge is -2.39. The van der Waals surface area contributed by atoms with E-state index in [4.69, 9.17) is 0 Å². The van der Waals surface area contributed by atoms with E-state index in [1.165, 1.54) is 25.7 Å². The number of hydrogen-bond acceptors (Lipinski definition) is 2. The van der Waals surface area contributed by atoms with Gasteiger partial charge in [-0.05, 0) is 57.4 Å². The molecule has 2 fully saturated rings. The predicted molar refractivity (Wildman–Crippen MR) is 75.6 cm³/mol. The normalized spacial score (nSPS) is 37.4. The number of carbonyl (C=O) groups is 1. The van der Waals surface area contributed by atoms with E-state index in [9.17, 15) is 4.79 Å². The molecular weight excluding hydrogens is 222 g/mol. The standard InChI is InChI=1S/C16H29NO/c1-3-13-6-8-14(9-7-13)15(18)16(4-2)10-5-11-17-12-16/h13-14,17H,3-12H2,1-2H3. The van der Waals surface area contributed by atoms with E-state index in [-0.39, 0.29) is 5.41 Å². The van der Waals surface area contributed by atoms with E-state index < -0.39 is 0 Å². The maximum atomic E-state index is 12.9. The first-order valence-electron chi connectivity index (χ1n) is 7.97. The molecule has 18 heavy (non-hydrogen) atoms. The van der Waals surface area contributed by atoms with E-state index in [1.54, 1.807) is 0 Å². The van der Waals surface area contributed by atoms with Crippen LogP contribution in [-0.2, 0) is 4.79 Å². The Morgan fingerprint density at radius 1 is 1.22 bits per heavy atom. The van der Waals surface area contributed by atoms with Crippen LogP contribution in [0, 0.1) is 17.3 Å². The molecule has 0 aromatic carbocycles. The molecule has 1 heterocycles. The van der Waals surface area contributed by atoms with Gasteiger partial charge in [-0.25, -0.2) is 0 Å². The molecule has 2 nitrogen and oxygen atoms in total. The number of nitrogens with one attached hydrogen (secondary N) is 1. The lowest BCUT2D eigenvalue weighted by atomic mass is 9.67. The van der Waals surface area contributed by atoms with Gasteiger partial charge in [-0.2, -0.15) is 0 Å². The molecule has 1 saturated heterocycles. The van der Waals surface area contributed by atoms with E-state index in [0.717, 1.165) is 44.7 Å². The second-order valence-corrected chi connectivity index (χ2v) is 6.40. The Balaban J connectivity index is 1.97. The van der Waals surface area contributed by atoms with Crippen LogP contribution >= 0.6 is 0 Å². The highest BCUT2D eigenvalue weighted by molar-refractivity contribution is 5.87. The van der Waals surface area contributed by atoms with Crippen molar-refractivity contribution in [3.05, 3.63) is 0 Å². The third kappa shape index (κ3) is 2.79. The van der Waals surface area contributed by atoms with Crippen molar-refractivity contribution in [2.75, 3.05) is 13.1 Å². The summed E-state index contributed by atoms with van der Waals surface area (Å²) in [5.41, 5.74) is -0.0258. The molecule has 1 saturated carbocycles. The Hall–Kier alpha value is -0.370. The summed E-state index contributed by atoms with van der Waals surface area (Å²) in [6, 6.07) is 0. The summed E-state index contributed by atoms with van der Waals surface area (Å²) in [6.45, 7) is 6.50. The summed E-state index contributed by atoms with van der Waals surface area (Å²) < 4.78 is 0. The highest BCUT2D eigenvalue weighted by Crippen LogP contribution is 2.39. The monoisotopic (exact) mass is 251 g/mol. The number of Topliss-reactive ketones (excluding diaryl/α,β-unsaturated/α-hetero) is 1. The molecule has 0 spiro atoms. The fraction of sp³-hybridized carbons (Fsp3) is 0.938. The van der Waals surface area contributed by atoms with Gasteiger partial charge in [0.1, 0.15) is 5.78 Å². The quantitative estimate of drug-likeness (QED) is 0.828. The van der Waals surface area contributed by atoms with Crippen LogP contribution in [0.1, 0.15) is 65.2 Å². The Morgan fingerprint density at radius 3 is 2.44 bits per heavy atom. The minimum atomic E-state index is -0.0258. The van der Waals surface area contributed by atoms with Gasteiger partial charge in [-0.15, -0.1) is 0 Å². The summed E-state index contributed by atoms with van der Waals surface area (Å²) in [6.07, 6.45) is 9.46. The summed E-state index contributed by atoms with van der Waals surface area (Å²) >= 11 is 0. The zero-order valence-electron chi connectivity index (χ0n) is 12.1. The van der Waals surface area contributed by atoms with Crippen molar-refractivity contribution < 1.29 is 4.79 Å². The fourth-order valence-corrected chi connectivity index (χ4v) is 3.92. The number of hydrogen-bond donors (Lipinski definition) is 1. The number of piperidine rings is 1. The first-order chi connectivity index (χ1) is 8.72. The summed E-state index contributed by atoms with van der Waals surface area (Å²) in [5.74, 6) is 1.84. The summed E-state index contributed by atoms with van der Waals surface area (Å²) in [5, 5.41) is 3.45. The van der Waals surface area contributed by atoms with Crippen LogP contribution in [0.4, 0.5) is 0 Å². The molecule has 2 heteroatoms. The highest BCUT2D eigenvalue weighted by Gasteiger charge is 2.41. The van der Waals surface area contributed by atoms with Crippen LogP contribution in [-0.4, -0.2) is 18.9 Å². The molecule has 0 bridgehead atoms. The van der Waals surface area contributed by atoms with Gasteiger partial charge in [0, 0.05) is 17.9 Å². The third-order valence-electron chi connectivity index (χ3n) is 5.47. The van der Waals surface area contributed by atoms with Crippen molar-refractivity contribution in [1.82, 2.24) is 5.32 Å². The molecular formula is C16H29NO. The number of rotatable bonds is 4. The largest absolute Gasteiger partial charge is 0.316 e. The maximum absolute atomic E-state index is 12.9. The topological polar surface area (TPSA) is 29.1 Å². The smallest absolute Gasteiger partial charge is 0.143 e. The Labute approximate surface area is 112 Å². The molecule has 1 N–H and O–H groups in total. The molecule has 0 aromatic rings. The van der Waals surface area contributed by atoms with Crippen LogP contribution < -0.4 is 5.32 Å². The Kier molecular flexibility index (Phi) is 4.83. The average molecular weight is 251 g/mol. The van der Waals surface area contributed by atoms with Crippen molar-refractivity contribution in [2.24, 2.45) is 17.3 Å². The number of ketones is 1. The average Bonchev–Trinajstić information content (AvgIpc) is 2.47. The van der Waals surface area contributed by atoms with Crippen molar-refractivity contribution in [3.63, 3.8) is 0 Å². The molecule has 1 aliphatic heterocycles. The molecule has 104 valence electrons. The molecule has 0 aromatic heterocycles. The maximum Gasteiger partial charge on any atom is 0.143 e. The van der Waals surface area contributed by atoms with E-state index in [0.29, 0.717) is 11.7 Å². The molecule has 1 atom stereocenters. The van der Waals surface area contributed by atoms with Crippen LogP contribution in [0.2, 0.25) is 0 Å². The van der Waals surface area contributed by atoms with Crippen LogP contribution in [0.5, 0.6) is 0 Å². The first kappa shape index (κ1) is 14.0. The van der Waals surface area contributed by atoms with Crippen molar-refractivity contribution >= 4 is 5.78 Å². The molecule has 2 rings (SSSR count). The zero-order valence-corrected chi connectivity index (χ0v) is 12.1. The van der Waals surface area contributed by atoms with Gasteiger partial charge in [0.25, 0.3) is 0 Å². The molecule has 0 radical (unpaired) electrons. The van der Waals surface area contributed by atoms with Gasteiger partial charge in [0.2, 0.25) is 0 Å². The molecule has 1 unspecified atom stereocenters. The zero-order chi connectivity index (χ0) is 13.0. The Bertz CT molecular complexity index is 273. The van der Waals surface area contributed by atoms with Gasteiger partial charge in [-0.1, -0.05) is 20.3 Å². The SMILES string of the molecule is CCC1CCC(C(=O)C2(CC)CCCNC2)CC1. The molecule has 1 aliphatic carbocycles. The summed E-state index contributed by atoms with van der Waals surface area (Å²) in [7, 11) is 0. The van der Waals surface area contributed by atoms with Crippen molar-refractivity contribution in [2.45, 2.75) is 65.2 Å². The summed E-state index contributed by atoms with van der Waals surface area (Å²) in [4.78, 5) is 12.9. The van der Waals surface area contributed by atoms with Gasteiger partial charge in [-0.3, -0.25) is 4.79 Å². The van der Waals surface area contributed by atoms with Gasteiger partial charge in [0.15, 0.2) is 0 Å². The van der Waals surface area contributed by atoms with E-state index in [1.807, 2.05) is 0 Å². The predicted octanol–water partition coefficient (Wildman–Crippen LogP) is 3.55. The minimum Gasteiger partial charge on any atom is -0.316 e. The second kappa shape index (κ2) is 6.18. The van der Waals surface area contributed by atoms with E-state index in [2.05, 4.69) is 19.2 Å². The second-order valence-electron chi connectivity index (χ2n) is 6.40. The van der Waals surface area contributed by atoms with Crippen LogP contribution in [0.25, 0.3) is 0 Å². The Morgan fingerprint density at radius 2 is 1.94 bits per heavy atom. The highest BCUT2D eigenvalue weighted by atomic mass is 16.1. The number of carbonyl (C=O) groups excluding carboxylic acids is 1. The lowest BCUT2D eigenvalue weighted by molar-refractivity contribution is -0.135. The van der Waals surface area contributed by atoms with Gasteiger partial charge >= 0.3 is 0 Å². The van der Waals surface area contributed by atoms with Gasteiger partial charge in [0.05, 0.1) is 0 Å². The molecule has 0 amide bonds. The first-order valence-corrected chi connectivity index (χ1v) is 7.97. The fourth-order valence-electron chi connectivity index (χ4n) is 3.92. The van der Waals surface area contributed by atoms with Crippen molar-refractivity contribution in [1.29, 1.82) is 0 Å². The molecule has 2 aliphatic rings. The van der Waals surface area contributed by atoms with E-state index >= 15 is 0 Å². The van der Waals surface area contributed by atoms with Gasteiger partial charge < -0.3 is 5.32 Å².